The Kier molecular flexibility index (Phi) is 3.56. The molecule has 1 saturated heterocycles. The van der Waals surface area contributed by atoms with Crippen LogP contribution in [0, 0.1) is 0 Å². The van der Waals surface area contributed by atoms with E-state index < -0.39 is 37.3 Å². The highest BCUT2D eigenvalue weighted by Gasteiger charge is 2.44. The lowest BCUT2D eigenvalue weighted by atomic mass is 9.99. The maximum Gasteiger partial charge on any atom is 0.184 e. The monoisotopic (exact) mass is 195 g/mol. The minimum Gasteiger partial charge on any atom is -0.394 e. The van der Waals surface area contributed by atoms with Gasteiger partial charge in [0, 0.05) is 0 Å². The standard InChI is InChI=1S/C6H13NO6/c7-13-5-2(1-8)12-6(11)4(10)3(5)9/h2-6,8-11H,1,7H2/t2-,3-,4-,5-,6-/m1/s1. The van der Waals surface area contributed by atoms with Crippen LogP contribution in [-0.4, -0.2) is 57.7 Å². The van der Waals surface area contributed by atoms with Gasteiger partial charge < -0.3 is 25.2 Å². The van der Waals surface area contributed by atoms with Gasteiger partial charge in [0.25, 0.3) is 0 Å². The molecule has 7 heteroatoms. The van der Waals surface area contributed by atoms with Crippen LogP contribution in [0.2, 0.25) is 0 Å². The van der Waals surface area contributed by atoms with E-state index in [4.69, 9.17) is 26.0 Å². The first-order valence-electron chi connectivity index (χ1n) is 3.78. The van der Waals surface area contributed by atoms with Crippen molar-refractivity contribution in [1.29, 1.82) is 0 Å². The van der Waals surface area contributed by atoms with Crippen molar-refractivity contribution in [3.63, 3.8) is 0 Å². The van der Waals surface area contributed by atoms with Gasteiger partial charge in [0.1, 0.15) is 24.4 Å². The van der Waals surface area contributed by atoms with Crippen molar-refractivity contribution in [3.05, 3.63) is 0 Å². The van der Waals surface area contributed by atoms with Crippen LogP contribution in [0.25, 0.3) is 0 Å². The molecule has 1 rings (SSSR count). The highest BCUT2D eigenvalue weighted by atomic mass is 16.7. The van der Waals surface area contributed by atoms with Crippen LogP contribution in [0.4, 0.5) is 0 Å². The quantitative estimate of drug-likeness (QED) is 0.292. The fourth-order valence-electron chi connectivity index (χ4n) is 1.24. The number of hydrogen-bond acceptors (Lipinski definition) is 7. The van der Waals surface area contributed by atoms with Gasteiger partial charge in [0.2, 0.25) is 0 Å². The lowest BCUT2D eigenvalue weighted by Gasteiger charge is -2.38. The number of ether oxygens (including phenoxy) is 1. The number of nitrogens with two attached hydrogens (primary N) is 1. The highest BCUT2D eigenvalue weighted by molar-refractivity contribution is 4.88. The van der Waals surface area contributed by atoms with Crippen LogP contribution >= 0.6 is 0 Å². The van der Waals surface area contributed by atoms with Crippen molar-refractivity contribution in [2.45, 2.75) is 30.7 Å². The van der Waals surface area contributed by atoms with Crippen LogP contribution in [0.1, 0.15) is 0 Å². The minimum absolute atomic E-state index is 0.470. The Hall–Kier alpha value is -0.280. The first-order valence-corrected chi connectivity index (χ1v) is 3.78. The van der Waals surface area contributed by atoms with Crippen molar-refractivity contribution >= 4 is 0 Å². The SMILES string of the molecule is NO[C@H]1[C@H](O)[C@@H](O)[C@H](O)O[C@@H]1CO. The molecule has 5 atom stereocenters. The smallest absolute Gasteiger partial charge is 0.184 e. The molecule has 7 nitrogen and oxygen atoms in total. The van der Waals surface area contributed by atoms with E-state index in [-0.39, 0.29) is 0 Å². The fraction of sp³-hybridized carbons (Fsp3) is 1.00. The highest BCUT2D eigenvalue weighted by Crippen LogP contribution is 2.20. The van der Waals surface area contributed by atoms with Crippen molar-refractivity contribution < 1.29 is 30.0 Å². The largest absolute Gasteiger partial charge is 0.394 e. The molecule has 0 unspecified atom stereocenters. The molecule has 1 fully saturated rings. The second-order valence-corrected chi connectivity index (χ2v) is 2.83. The van der Waals surface area contributed by atoms with E-state index in [0.717, 1.165) is 0 Å². The summed E-state index contributed by atoms with van der Waals surface area (Å²) < 4.78 is 4.71. The average Bonchev–Trinajstić information content (AvgIpc) is 2.13. The predicted molar refractivity (Wildman–Crippen MR) is 39.0 cm³/mol. The van der Waals surface area contributed by atoms with Crippen molar-refractivity contribution in [3.8, 4) is 0 Å². The zero-order valence-corrected chi connectivity index (χ0v) is 6.78. The molecule has 78 valence electrons. The van der Waals surface area contributed by atoms with E-state index in [1.54, 1.807) is 0 Å². The van der Waals surface area contributed by atoms with Crippen LogP contribution < -0.4 is 5.90 Å². The molecule has 0 radical (unpaired) electrons. The van der Waals surface area contributed by atoms with Gasteiger partial charge in [-0.25, -0.2) is 5.90 Å². The van der Waals surface area contributed by atoms with Crippen molar-refractivity contribution in [2.75, 3.05) is 6.61 Å². The molecule has 0 bridgehead atoms. The summed E-state index contributed by atoms with van der Waals surface area (Å²) in [5.41, 5.74) is 0. The maximum atomic E-state index is 9.30. The van der Waals surface area contributed by atoms with Gasteiger partial charge in [-0.05, 0) is 0 Å². The van der Waals surface area contributed by atoms with Gasteiger partial charge in [-0.2, -0.15) is 0 Å². The zero-order valence-electron chi connectivity index (χ0n) is 6.78. The van der Waals surface area contributed by atoms with E-state index >= 15 is 0 Å². The molecule has 1 aliphatic rings. The second-order valence-electron chi connectivity index (χ2n) is 2.83. The Morgan fingerprint density at radius 1 is 1.23 bits per heavy atom. The van der Waals surface area contributed by atoms with E-state index in [1.807, 2.05) is 0 Å². The van der Waals surface area contributed by atoms with E-state index in [9.17, 15) is 5.11 Å². The third-order valence-corrected chi connectivity index (χ3v) is 2.00. The molecule has 13 heavy (non-hydrogen) atoms. The fourth-order valence-corrected chi connectivity index (χ4v) is 1.24. The normalized spacial score (nSPS) is 46.4. The minimum atomic E-state index is -1.54. The Labute approximate surface area is 74.3 Å². The summed E-state index contributed by atoms with van der Waals surface area (Å²) in [6.45, 7) is -0.470. The van der Waals surface area contributed by atoms with Gasteiger partial charge in [0.05, 0.1) is 6.61 Å². The summed E-state index contributed by atoms with van der Waals surface area (Å²) >= 11 is 0. The third kappa shape index (κ3) is 1.97. The molecule has 0 aromatic heterocycles. The summed E-state index contributed by atoms with van der Waals surface area (Å²) in [7, 11) is 0. The summed E-state index contributed by atoms with van der Waals surface area (Å²) in [4.78, 5) is 4.32. The molecule has 0 saturated carbocycles. The number of aliphatic hydroxyl groups excluding tert-OH is 4. The molecule has 1 aliphatic heterocycles. The second kappa shape index (κ2) is 4.29. The summed E-state index contributed by atoms with van der Waals surface area (Å²) in [5.74, 6) is 4.82. The predicted octanol–water partition coefficient (Wildman–Crippen LogP) is -3.32. The van der Waals surface area contributed by atoms with E-state index in [2.05, 4.69) is 4.84 Å². The Morgan fingerprint density at radius 3 is 2.31 bits per heavy atom. The van der Waals surface area contributed by atoms with Crippen LogP contribution in [-0.2, 0) is 9.57 Å². The number of rotatable bonds is 2. The van der Waals surface area contributed by atoms with Crippen LogP contribution in [0.15, 0.2) is 0 Å². The Balaban J connectivity index is 2.69. The number of aliphatic hydroxyl groups is 4. The Morgan fingerprint density at radius 2 is 1.85 bits per heavy atom. The molecule has 6 N–H and O–H groups in total. The van der Waals surface area contributed by atoms with Crippen molar-refractivity contribution in [2.24, 2.45) is 5.90 Å². The molecule has 0 aliphatic carbocycles. The molecular weight excluding hydrogens is 182 g/mol. The third-order valence-electron chi connectivity index (χ3n) is 2.00. The van der Waals surface area contributed by atoms with Gasteiger partial charge in [-0.1, -0.05) is 0 Å². The summed E-state index contributed by atoms with van der Waals surface area (Å²) in [5, 5.41) is 36.2. The molecule has 0 spiro atoms. The van der Waals surface area contributed by atoms with E-state index in [0.29, 0.717) is 0 Å². The summed E-state index contributed by atoms with van der Waals surface area (Å²) in [6, 6.07) is 0. The van der Waals surface area contributed by atoms with Gasteiger partial charge >= 0.3 is 0 Å². The topological polar surface area (TPSA) is 125 Å². The Bertz CT molecular complexity index is 165. The molecular formula is C6H13NO6. The first kappa shape index (κ1) is 10.8. The zero-order chi connectivity index (χ0) is 10.0. The van der Waals surface area contributed by atoms with Crippen molar-refractivity contribution in [1.82, 2.24) is 0 Å². The number of hydrogen-bond donors (Lipinski definition) is 5. The average molecular weight is 195 g/mol. The lowest BCUT2D eigenvalue weighted by Crippen LogP contribution is -2.60. The van der Waals surface area contributed by atoms with Crippen LogP contribution in [0.3, 0.4) is 0 Å². The van der Waals surface area contributed by atoms with Gasteiger partial charge in [-0.3, -0.25) is 4.84 Å². The molecule has 0 amide bonds. The summed E-state index contributed by atoms with van der Waals surface area (Å²) in [6.07, 6.45) is -6.41. The van der Waals surface area contributed by atoms with Gasteiger partial charge in [0.15, 0.2) is 6.29 Å². The van der Waals surface area contributed by atoms with Crippen LogP contribution in [0.5, 0.6) is 0 Å². The lowest BCUT2D eigenvalue weighted by molar-refractivity contribution is -0.295. The van der Waals surface area contributed by atoms with E-state index in [1.165, 1.54) is 0 Å². The first-order chi connectivity index (χ1) is 6.11. The maximum absolute atomic E-state index is 9.30. The van der Waals surface area contributed by atoms with Gasteiger partial charge in [-0.15, -0.1) is 0 Å². The molecule has 0 aromatic carbocycles. The molecule has 1 heterocycles. The molecule has 0 aromatic rings.